The predicted molar refractivity (Wildman–Crippen MR) is 98.5 cm³/mol. The lowest BCUT2D eigenvalue weighted by atomic mass is 10.1. The number of anilines is 2. The molecule has 26 heavy (non-hydrogen) atoms. The van der Waals surface area contributed by atoms with Gasteiger partial charge in [0, 0.05) is 29.1 Å². The Morgan fingerprint density at radius 3 is 2.46 bits per heavy atom. The molecule has 2 aromatic rings. The Morgan fingerprint density at radius 1 is 1.12 bits per heavy atom. The molecule has 8 heteroatoms. The first-order valence-corrected chi connectivity index (χ1v) is 10.00. The highest BCUT2D eigenvalue weighted by molar-refractivity contribution is 7.91. The zero-order valence-corrected chi connectivity index (χ0v) is 15.0. The van der Waals surface area contributed by atoms with E-state index in [1.807, 2.05) is 0 Å². The molecule has 1 aliphatic heterocycles. The number of nitrogens with one attached hydrogen (secondary N) is 2. The van der Waals surface area contributed by atoms with Gasteiger partial charge in [0.15, 0.2) is 15.6 Å². The number of carbonyl (C=O) groups excluding carboxylic acids is 2. The Morgan fingerprint density at radius 2 is 1.85 bits per heavy atom. The molecule has 1 unspecified atom stereocenters. The van der Waals surface area contributed by atoms with Crippen LogP contribution in [0.2, 0.25) is 0 Å². The van der Waals surface area contributed by atoms with Gasteiger partial charge in [0.25, 0.3) is 5.91 Å². The molecule has 1 aromatic carbocycles. The molecule has 0 radical (unpaired) electrons. The number of aromatic nitrogens is 1. The third-order valence-corrected chi connectivity index (χ3v) is 5.92. The van der Waals surface area contributed by atoms with Crippen molar-refractivity contribution in [2.45, 2.75) is 19.4 Å². The Labute approximate surface area is 151 Å². The summed E-state index contributed by atoms with van der Waals surface area (Å²) >= 11 is 0. The topological polar surface area (TPSA) is 105 Å². The largest absolute Gasteiger partial charge is 0.348 e. The fourth-order valence-corrected chi connectivity index (χ4v) is 4.43. The first-order valence-electron chi connectivity index (χ1n) is 8.18. The number of pyridine rings is 1. The van der Waals surface area contributed by atoms with E-state index in [1.165, 1.54) is 13.1 Å². The van der Waals surface area contributed by atoms with Gasteiger partial charge in [0.05, 0.1) is 11.5 Å². The molecule has 0 bridgehead atoms. The standard InChI is InChI=1S/C18H19N3O4S/c1-12(22)13-2-4-15(5-3-13)20-17-10-14(6-8-19-17)18(23)21-16-7-9-26(24,25)11-16/h2-6,8,10,16H,7,9,11H2,1H3,(H,19,20)(H,21,23). The van der Waals surface area contributed by atoms with E-state index >= 15 is 0 Å². The van der Waals surface area contributed by atoms with Gasteiger partial charge in [-0.1, -0.05) is 0 Å². The van der Waals surface area contributed by atoms with Crippen LogP contribution in [0.1, 0.15) is 34.1 Å². The summed E-state index contributed by atoms with van der Waals surface area (Å²) in [7, 11) is -3.05. The van der Waals surface area contributed by atoms with Gasteiger partial charge in [-0.15, -0.1) is 0 Å². The molecule has 2 heterocycles. The Hall–Kier alpha value is -2.74. The summed E-state index contributed by atoms with van der Waals surface area (Å²) in [5, 5.41) is 5.82. The minimum absolute atomic E-state index is 0.0118. The maximum Gasteiger partial charge on any atom is 0.251 e. The van der Waals surface area contributed by atoms with E-state index in [0.717, 1.165) is 5.69 Å². The molecule has 1 saturated heterocycles. The highest BCUT2D eigenvalue weighted by Crippen LogP contribution is 2.17. The third kappa shape index (κ3) is 4.45. The van der Waals surface area contributed by atoms with Crippen molar-refractivity contribution in [3.8, 4) is 0 Å². The average molecular weight is 373 g/mol. The van der Waals surface area contributed by atoms with Crippen molar-refractivity contribution in [2.24, 2.45) is 0 Å². The summed E-state index contributed by atoms with van der Waals surface area (Å²) < 4.78 is 23.0. The van der Waals surface area contributed by atoms with Crippen LogP contribution in [0.5, 0.6) is 0 Å². The molecule has 1 fully saturated rings. The first kappa shape index (κ1) is 18.1. The van der Waals surface area contributed by atoms with Crippen molar-refractivity contribution in [1.82, 2.24) is 10.3 Å². The van der Waals surface area contributed by atoms with E-state index in [2.05, 4.69) is 15.6 Å². The lowest BCUT2D eigenvalue weighted by Gasteiger charge is -2.12. The van der Waals surface area contributed by atoms with Gasteiger partial charge in [-0.05, 0) is 49.7 Å². The maximum absolute atomic E-state index is 12.3. The normalized spacial score (nSPS) is 18.3. The number of rotatable bonds is 5. The first-order chi connectivity index (χ1) is 12.3. The van der Waals surface area contributed by atoms with Crippen molar-refractivity contribution < 1.29 is 18.0 Å². The van der Waals surface area contributed by atoms with Crippen molar-refractivity contribution in [3.63, 3.8) is 0 Å². The number of hydrogen-bond acceptors (Lipinski definition) is 6. The van der Waals surface area contributed by atoms with E-state index in [1.54, 1.807) is 36.4 Å². The highest BCUT2D eigenvalue weighted by atomic mass is 32.2. The maximum atomic E-state index is 12.3. The molecule has 1 amide bonds. The summed E-state index contributed by atoms with van der Waals surface area (Å²) in [5.41, 5.74) is 1.75. The number of amides is 1. The van der Waals surface area contributed by atoms with Crippen molar-refractivity contribution >= 4 is 33.0 Å². The SMILES string of the molecule is CC(=O)c1ccc(Nc2cc(C(=O)NC3CCS(=O)(=O)C3)ccn2)cc1. The fraction of sp³-hybridized carbons (Fsp3) is 0.278. The number of hydrogen-bond donors (Lipinski definition) is 2. The van der Waals surface area contributed by atoms with Gasteiger partial charge in [0.1, 0.15) is 5.82 Å². The molecule has 0 aliphatic carbocycles. The fourth-order valence-electron chi connectivity index (χ4n) is 2.75. The second-order valence-electron chi connectivity index (χ2n) is 6.26. The van der Waals surface area contributed by atoms with Crippen LogP contribution in [-0.2, 0) is 9.84 Å². The van der Waals surface area contributed by atoms with Crippen LogP contribution >= 0.6 is 0 Å². The number of benzene rings is 1. The summed E-state index contributed by atoms with van der Waals surface area (Å²) in [6.07, 6.45) is 1.94. The van der Waals surface area contributed by atoms with E-state index in [9.17, 15) is 18.0 Å². The molecule has 1 atom stereocenters. The minimum Gasteiger partial charge on any atom is -0.348 e. The van der Waals surface area contributed by atoms with Gasteiger partial charge >= 0.3 is 0 Å². The van der Waals surface area contributed by atoms with Crippen LogP contribution < -0.4 is 10.6 Å². The van der Waals surface area contributed by atoms with Crippen LogP contribution in [0.3, 0.4) is 0 Å². The van der Waals surface area contributed by atoms with Gasteiger partial charge < -0.3 is 10.6 Å². The zero-order chi connectivity index (χ0) is 18.7. The number of Topliss-reactive ketones (excluding diaryl/α,β-unsaturated/α-hetero) is 1. The molecule has 2 N–H and O–H groups in total. The average Bonchev–Trinajstić information content (AvgIpc) is 2.94. The predicted octanol–water partition coefficient (Wildman–Crippen LogP) is 1.94. The van der Waals surface area contributed by atoms with E-state index < -0.39 is 9.84 Å². The quantitative estimate of drug-likeness (QED) is 0.776. The summed E-state index contributed by atoms with van der Waals surface area (Å²) in [4.78, 5) is 27.8. The van der Waals surface area contributed by atoms with Gasteiger partial charge in [0.2, 0.25) is 0 Å². The molecular formula is C18H19N3O4S. The van der Waals surface area contributed by atoms with Crippen molar-refractivity contribution in [2.75, 3.05) is 16.8 Å². The molecule has 0 spiro atoms. The monoisotopic (exact) mass is 373 g/mol. The Bertz CT molecular complexity index is 939. The van der Waals surface area contributed by atoms with Crippen LogP contribution in [0.15, 0.2) is 42.6 Å². The minimum atomic E-state index is -3.05. The molecule has 1 aliphatic rings. The summed E-state index contributed by atoms with van der Waals surface area (Å²) in [6.45, 7) is 1.50. The molecule has 136 valence electrons. The second-order valence-corrected chi connectivity index (χ2v) is 8.49. The number of ketones is 1. The van der Waals surface area contributed by atoms with Crippen LogP contribution in [0, 0.1) is 0 Å². The van der Waals surface area contributed by atoms with E-state index in [4.69, 9.17) is 0 Å². The third-order valence-electron chi connectivity index (χ3n) is 4.15. The molecular weight excluding hydrogens is 354 g/mol. The summed E-state index contributed by atoms with van der Waals surface area (Å²) in [6, 6.07) is 9.75. The molecule has 7 nitrogen and oxygen atoms in total. The van der Waals surface area contributed by atoms with Crippen LogP contribution in [0.4, 0.5) is 11.5 Å². The van der Waals surface area contributed by atoms with Crippen LogP contribution in [-0.4, -0.2) is 42.6 Å². The number of carbonyl (C=O) groups is 2. The number of sulfone groups is 1. The van der Waals surface area contributed by atoms with Gasteiger partial charge in [-0.3, -0.25) is 9.59 Å². The Kier molecular flexibility index (Phi) is 5.03. The molecule has 0 saturated carbocycles. The zero-order valence-electron chi connectivity index (χ0n) is 14.2. The molecule has 3 rings (SSSR count). The van der Waals surface area contributed by atoms with E-state index in [-0.39, 0.29) is 29.2 Å². The molecule has 1 aromatic heterocycles. The second kappa shape index (κ2) is 7.25. The lowest BCUT2D eigenvalue weighted by molar-refractivity contribution is 0.0940. The Balaban J connectivity index is 1.67. The lowest BCUT2D eigenvalue weighted by Crippen LogP contribution is -2.35. The van der Waals surface area contributed by atoms with Gasteiger partial charge in [-0.25, -0.2) is 13.4 Å². The summed E-state index contributed by atoms with van der Waals surface area (Å²) in [5.74, 6) is 0.230. The van der Waals surface area contributed by atoms with Crippen LogP contribution in [0.25, 0.3) is 0 Å². The smallest absolute Gasteiger partial charge is 0.251 e. The van der Waals surface area contributed by atoms with Gasteiger partial charge in [-0.2, -0.15) is 0 Å². The van der Waals surface area contributed by atoms with Crippen molar-refractivity contribution in [3.05, 3.63) is 53.7 Å². The van der Waals surface area contributed by atoms with E-state index in [0.29, 0.717) is 23.4 Å². The number of nitrogens with zero attached hydrogens (tertiary/aromatic N) is 1. The highest BCUT2D eigenvalue weighted by Gasteiger charge is 2.29. The van der Waals surface area contributed by atoms with Crippen molar-refractivity contribution in [1.29, 1.82) is 0 Å².